The van der Waals surface area contributed by atoms with Crippen LogP contribution in [0.25, 0.3) is 0 Å². The number of alkyl halides is 1. The van der Waals surface area contributed by atoms with Gasteiger partial charge >= 0.3 is 0 Å². The van der Waals surface area contributed by atoms with Crippen LogP contribution in [0.2, 0.25) is 0 Å². The SMILES string of the molecule is CC(C)C1SC(Br)=NCC1Br. The molecule has 0 radical (unpaired) electrons. The second kappa shape index (κ2) is 4.28. The Balaban J connectivity index is 2.60. The Morgan fingerprint density at radius 3 is 2.73 bits per heavy atom. The Bertz CT molecular complexity index is 170. The van der Waals surface area contributed by atoms with Crippen LogP contribution < -0.4 is 0 Å². The molecule has 0 saturated carbocycles. The van der Waals surface area contributed by atoms with Gasteiger partial charge in [-0.05, 0) is 21.8 Å². The Morgan fingerprint density at radius 2 is 2.27 bits per heavy atom. The molecule has 0 aromatic carbocycles. The van der Waals surface area contributed by atoms with Gasteiger partial charge in [-0.25, -0.2) is 0 Å². The van der Waals surface area contributed by atoms with Crippen LogP contribution in [0.4, 0.5) is 0 Å². The lowest BCUT2D eigenvalue weighted by molar-refractivity contribution is 0.592. The first kappa shape index (κ1) is 10.1. The molecule has 2 atom stereocenters. The molecule has 0 saturated heterocycles. The molecule has 0 bridgehead atoms. The fourth-order valence-corrected chi connectivity index (χ4v) is 3.79. The third-order valence-electron chi connectivity index (χ3n) is 1.64. The molecule has 1 rings (SSSR count). The fourth-order valence-electron chi connectivity index (χ4n) is 1.04. The van der Waals surface area contributed by atoms with Gasteiger partial charge in [0.1, 0.15) is 3.95 Å². The van der Waals surface area contributed by atoms with Crippen molar-refractivity contribution in [2.45, 2.75) is 23.9 Å². The predicted octanol–water partition coefficient (Wildman–Crippen LogP) is 3.27. The van der Waals surface area contributed by atoms with Crippen LogP contribution in [0, 0.1) is 5.92 Å². The van der Waals surface area contributed by atoms with E-state index in [9.17, 15) is 0 Å². The average molecular weight is 301 g/mol. The minimum absolute atomic E-state index is 0.536. The third-order valence-corrected chi connectivity index (χ3v) is 5.13. The summed E-state index contributed by atoms with van der Waals surface area (Å²) in [5.74, 6) is 0.701. The topological polar surface area (TPSA) is 12.4 Å². The number of aliphatic imine (C=N–C) groups is 1. The van der Waals surface area contributed by atoms with Crippen molar-refractivity contribution < 1.29 is 0 Å². The van der Waals surface area contributed by atoms with Gasteiger partial charge in [-0.3, -0.25) is 4.99 Å². The number of nitrogens with zero attached hydrogens (tertiary/aromatic N) is 1. The van der Waals surface area contributed by atoms with Crippen LogP contribution in [-0.4, -0.2) is 20.6 Å². The van der Waals surface area contributed by atoms with E-state index in [-0.39, 0.29) is 0 Å². The summed E-state index contributed by atoms with van der Waals surface area (Å²) in [6.45, 7) is 5.39. The molecule has 1 aliphatic rings. The summed E-state index contributed by atoms with van der Waals surface area (Å²) in [6.07, 6.45) is 0. The van der Waals surface area contributed by atoms with Crippen molar-refractivity contribution >= 4 is 47.6 Å². The molecule has 4 heteroatoms. The summed E-state index contributed by atoms with van der Waals surface area (Å²) in [4.78, 5) is 4.83. The molecule has 0 fully saturated rings. The molecule has 1 aliphatic heterocycles. The highest BCUT2D eigenvalue weighted by molar-refractivity contribution is 9.22. The maximum Gasteiger partial charge on any atom is 0.134 e. The molecule has 11 heavy (non-hydrogen) atoms. The number of halogens is 2. The molecular weight excluding hydrogens is 290 g/mol. The van der Waals surface area contributed by atoms with Gasteiger partial charge in [0.2, 0.25) is 0 Å². The molecule has 0 aromatic heterocycles. The lowest BCUT2D eigenvalue weighted by Crippen LogP contribution is -2.29. The normalized spacial score (nSPS) is 32.3. The first-order chi connectivity index (χ1) is 5.11. The van der Waals surface area contributed by atoms with Gasteiger partial charge in [-0.1, -0.05) is 41.5 Å². The van der Waals surface area contributed by atoms with Crippen molar-refractivity contribution in [2.24, 2.45) is 10.9 Å². The molecule has 0 aromatic rings. The zero-order chi connectivity index (χ0) is 8.43. The largest absolute Gasteiger partial charge is 0.270 e. The number of rotatable bonds is 1. The Morgan fingerprint density at radius 1 is 1.64 bits per heavy atom. The number of hydrogen-bond acceptors (Lipinski definition) is 2. The van der Waals surface area contributed by atoms with Crippen molar-refractivity contribution in [2.75, 3.05) is 6.54 Å². The van der Waals surface area contributed by atoms with Crippen LogP contribution in [0.1, 0.15) is 13.8 Å². The molecule has 0 spiro atoms. The van der Waals surface area contributed by atoms with Crippen LogP contribution in [0.15, 0.2) is 4.99 Å². The molecule has 0 N–H and O–H groups in total. The first-order valence-electron chi connectivity index (χ1n) is 3.62. The van der Waals surface area contributed by atoms with E-state index in [1.54, 1.807) is 0 Å². The van der Waals surface area contributed by atoms with Crippen molar-refractivity contribution in [3.05, 3.63) is 0 Å². The van der Waals surface area contributed by atoms with E-state index >= 15 is 0 Å². The highest BCUT2D eigenvalue weighted by Gasteiger charge is 2.27. The van der Waals surface area contributed by atoms with Crippen LogP contribution in [0.5, 0.6) is 0 Å². The maximum atomic E-state index is 4.29. The molecule has 0 aliphatic carbocycles. The van der Waals surface area contributed by atoms with Crippen LogP contribution in [-0.2, 0) is 0 Å². The van der Waals surface area contributed by atoms with E-state index in [4.69, 9.17) is 0 Å². The van der Waals surface area contributed by atoms with Gasteiger partial charge in [0.15, 0.2) is 0 Å². The maximum absolute atomic E-state index is 4.29. The Kier molecular flexibility index (Phi) is 3.92. The number of hydrogen-bond donors (Lipinski definition) is 0. The average Bonchev–Trinajstić information content (AvgIpc) is 1.94. The Labute approximate surface area is 88.7 Å². The second-order valence-corrected chi connectivity index (χ2v) is 6.56. The quantitative estimate of drug-likeness (QED) is 0.677. The van der Waals surface area contributed by atoms with E-state index in [1.807, 2.05) is 11.8 Å². The summed E-state index contributed by atoms with van der Waals surface area (Å²) in [5.41, 5.74) is 0. The van der Waals surface area contributed by atoms with Gasteiger partial charge in [-0.2, -0.15) is 0 Å². The standard InChI is InChI=1S/C7H11Br2NS/c1-4(2)6-5(8)3-10-7(9)11-6/h4-6H,3H2,1-2H3. The summed E-state index contributed by atoms with van der Waals surface area (Å²) >= 11 is 8.87. The van der Waals surface area contributed by atoms with Crippen molar-refractivity contribution in [1.82, 2.24) is 0 Å². The summed E-state index contributed by atoms with van der Waals surface area (Å²) in [6, 6.07) is 0. The minimum Gasteiger partial charge on any atom is -0.270 e. The van der Waals surface area contributed by atoms with Gasteiger partial charge in [0, 0.05) is 10.1 Å². The van der Waals surface area contributed by atoms with Gasteiger partial charge in [0.25, 0.3) is 0 Å². The van der Waals surface area contributed by atoms with Gasteiger partial charge in [-0.15, -0.1) is 0 Å². The van der Waals surface area contributed by atoms with Gasteiger partial charge < -0.3 is 0 Å². The zero-order valence-corrected chi connectivity index (χ0v) is 10.5. The zero-order valence-electron chi connectivity index (χ0n) is 6.55. The lowest BCUT2D eigenvalue weighted by atomic mass is 10.1. The lowest BCUT2D eigenvalue weighted by Gasteiger charge is -2.27. The highest BCUT2D eigenvalue weighted by atomic mass is 79.9. The van der Waals surface area contributed by atoms with E-state index in [2.05, 4.69) is 50.7 Å². The molecule has 2 unspecified atom stereocenters. The summed E-state index contributed by atoms with van der Waals surface area (Å²) in [7, 11) is 0. The molecule has 64 valence electrons. The first-order valence-corrected chi connectivity index (χ1v) is 6.20. The molecule has 0 amide bonds. The Hall–Kier alpha value is 0.980. The predicted molar refractivity (Wildman–Crippen MR) is 60.2 cm³/mol. The van der Waals surface area contributed by atoms with Crippen LogP contribution >= 0.6 is 43.6 Å². The summed E-state index contributed by atoms with van der Waals surface area (Å²) in [5, 5.41) is 0.655. The van der Waals surface area contributed by atoms with Gasteiger partial charge in [0.05, 0.1) is 6.54 Å². The van der Waals surface area contributed by atoms with Crippen molar-refractivity contribution in [3.63, 3.8) is 0 Å². The van der Waals surface area contributed by atoms with Crippen molar-refractivity contribution in [1.29, 1.82) is 0 Å². The second-order valence-electron chi connectivity index (χ2n) is 2.94. The fraction of sp³-hybridized carbons (Fsp3) is 0.857. The van der Waals surface area contributed by atoms with E-state index in [1.165, 1.54) is 0 Å². The smallest absolute Gasteiger partial charge is 0.134 e. The van der Waals surface area contributed by atoms with E-state index in [0.717, 1.165) is 10.5 Å². The van der Waals surface area contributed by atoms with E-state index in [0.29, 0.717) is 16.0 Å². The minimum atomic E-state index is 0.536. The number of thioether (sulfide) groups is 1. The molecule has 1 nitrogen and oxygen atoms in total. The third kappa shape index (κ3) is 2.74. The highest BCUT2D eigenvalue weighted by Crippen LogP contribution is 2.33. The summed E-state index contributed by atoms with van der Waals surface area (Å²) < 4.78 is 1.05. The van der Waals surface area contributed by atoms with E-state index < -0.39 is 0 Å². The molecular formula is C7H11Br2NS. The monoisotopic (exact) mass is 299 g/mol. The molecule has 1 heterocycles. The van der Waals surface area contributed by atoms with Crippen LogP contribution in [0.3, 0.4) is 0 Å². The van der Waals surface area contributed by atoms with Crippen molar-refractivity contribution in [3.8, 4) is 0 Å².